The predicted molar refractivity (Wildman–Crippen MR) is 113 cm³/mol. The topological polar surface area (TPSA) is 109 Å². The Hall–Kier alpha value is -2.50. The molecule has 11 heteroatoms. The zero-order valence-electron chi connectivity index (χ0n) is 17.0. The van der Waals surface area contributed by atoms with Gasteiger partial charge in [-0.05, 0) is 37.5 Å². The van der Waals surface area contributed by atoms with Crippen molar-refractivity contribution >= 4 is 38.4 Å². The number of benzene rings is 1. The number of ether oxygens (including phenoxy) is 1. The van der Waals surface area contributed by atoms with E-state index in [2.05, 4.69) is 9.69 Å². The summed E-state index contributed by atoms with van der Waals surface area (Å²) in [5, 5.41) is 3.47. The number of hydrogen-bond acceptors (Lipinski definition) is 8. The van der Waals surface area contributed by atoms with Crippen molar-refractivity contribution in [3.05, 3.63) is 41.6 Å². The summed E-state index contributed by atoms with van der Waals surface area (Å²) in [6, 6.07) is 8.20. The van der Waals surface area contributed by atoms with E-state index in [0.717, 1.165) is 11.5 Å². The maximum absolute atomic E-state index is 12.7. The molecular weight excluding hydrogens is 428 g/mol. The number of carbonyl (C=O) groups excluding carboxylic acids is 2. The van der Waals surface area contributed by atoms with Gasteiger partial charge in [-0.25, -0.2) is 13.2 Å². The minimum atomic E-state index is -3.60. The molecule has 1 unspecified atom stereocenters. The summed E-state index contributed by atoms with van der Waals surface area (Å²) >= 11 is 1.15. The molecule has 1 aliphatic rings. The quantitative estimate of drug-likeness (QED) is 0.663. The van der Waals surface area contributed by atoms with Crippen LogP contribution < -0.4 is 5.32 Å². The van der Waals surface area contributed by atoms with E-state index < -0.39 is 22.1 Å². The first-order valence-electron chi connectivity index (χ1n) is 9.44. The Kier molecular flexibility index (Phi) is 6.74. The Morgan fingerprint density at radius 2 is 1.80 bits per heavy atom. The molecule has 0 spiro atoms. The summed E-state index contributed by atoms with van der Waals surface area (Å²) < 4.78 is 36.3. The van der Waals surface area contributed by atoms with Gasteiger partial charge in [0.25, 0.3) is 5.91 Å². The number of rotatable bonds is 6. The lowest BCUT2D eigenvalue weighted by Crippen LogP contribution is -2.52. The smallest absolute Gasteiger partial charge is 0.343 e. The van der Waals surface area contributed by atoms with Gasteiger partial charge in [0.1, 0.15) is 10.6 Å². The standard InChI is InChI=1S/C19H24N4O5S2/c1-13-16(17(20-3)29-21-13)19(25)28-14(2)18(24)22-9-11-23(12-10-22)30(26,27)15-7-5-4-6-8-15/h4-8,14,20H,9-12H2,1-3H3. The van der Waals surface area contributed by atoms with E-state index in [4.69, 9.17) is 4.74 Å². The van der Waals surface area contributed by atoms with E-state index in [0.29, 0.717) is 16.3 Å². The van der Waals surface area contributed by atoms with Gasteiger partial charge in [-0.1, -0.05) is 18.2 Å². The molecule has 3 rings (SSSR count). The van der Waals surface area contributed by atoms with E-state index >= 15 is 0 Å². The highest BCUT2D eigenvalue weighted by Gasteiger charge is 2.33. The van der Waals surface area contributed by atoms with Crippen LogP contribution in [0.4, 0.5) is 5.00 Å². The second kappa shape index (κ2) is 9.11. The number of aromatic nitrogens is 1. The Balaban J connectivity index is 1.60. The van der Waals surface area contributed by atoms with Crippen LogP contribution in [0.25, 0.3) is 0 Å². The molecule has 1 atom stereocenters. The first kappa shape index (κ1) is 22.2. The zero-order chi connectivity index (χ0) is 21.9. The van der Waals surface area contributed by atoms with Gasteiger partial charge < -0.3 is 15.0 Å². The average molecular weight is 453 g/mol. The van der Waals surface area contributed by atoms with Crippen LogP contribution in [0.1, 0.15) is 23.0 Å². The monoisotopic (exact) mass is 452 g/mol. The fourth-order valence-electron chi connectivity index (χ4n) is 3.20. The molecule has 2 aromatic rings. The van der Waals surface area contributed by atoms with E-state index in [1.165, 1.54) is 16.1 Å². The second-order valence-corrected chi connectivity index (χ2v) is 9.52. The Morgan fingerprint density at radius 1 is 1.17 bits per heavy atom. The summed E-state index contributed by atoms with van der Waals surface area (Å²) in [6.07, 6.45) is -0.987. The van der Waals surface area contributed by atoms with E-state index in [1.807, 2.05) is 0 Å². The number of esters is 1. The Bertz CT molecular complexity index is 1010. The van der Waals surface area contributed by atoms with Crippen LogP contribution in [0.5, 0.6) is 0 Å². The number of sulfonamides is 1. The van der Waals surface area contributed by atoms with Crippen LogP contribution in [-0.4, -0.2) is 73.2 Å². The molecule has 1 aromatic carbocycles. The molecule has 0 aliphatic carbocycles. The number of piperazine rings is 1. The van der Waals surface area contributed by atoms with E-state index in [-0.39, 0.29) is 37.0 Å². The third-order valence-electron chi connectivity index (χ3n) is 4.86. The van der Waals surface area contributed by atoms with Gasteiger partial charge in [0.15, 0.2) is 6.10 Å². The van der Waals surface area contributed by atoms with Crippen LogP contribution >= 0.6 is 11.5 Å². The van der Waals surface area contributed by atoms with Crippen LogP contribution in [0.3, 0.4) is 0 Å². The van der Waals surface area contributed by atoms with Gasteiger partial charge in [-0.15, -0.1) is 0 Å². The van der Waals surface area contributed by atoms with Gasteiger partial charge in [-0.2, -0.15) is 8.68 Å². The SMILES string of the molecule is CNc1snc(C)c1C(=O)OC(C)C(=O)N1CCN(S(=O)(=O)c2ccccc2)CC1. The molecule has 162 valence electrons. The van der Waals surface area contributed by atoms with Crippen molar-refractivity contribution in [3.63, 3.8) is 0 Å². The summed E-state index contributed by atoms with van der Waals surface area (Å²) in [5.41, 5.74) is 0.856. The lowest BCUT2D eigenvalue weighted by molar-refractivity contribution is -0.141. The molecule has 2 heterocycles. The zero-order valence-corrected chi connectivity index (χ0v) is 18.6. The van der Waals surface area contributed by atoms with Crippen molar-refractivity contribution in [2.45, 2.75) is 24.8 Å². The summed E-state index contributed by atoms with van der Waals surface area (Å²) in [4.78, 5) is 27.0. The summed E-state index contributed by atoms with van der Waals surface area (Å²) in [6.45, 7) is 4.04. The molecular formula is C19H24N4O5S2. The van der Waals surface area contributed by atoms with Crippen molar-refractivity contribution in [1.82, 2.24) is 13.6 Å². The molecule has 1 aliphatic heterocycles. The molecule has 1 N–H and O–H groups in total. The highest BCUT2D eigenvalue weighted by molar-refractivity contribution is 7.89. The number of hydrogen-bond donors (Lipinski definition) is 1. The first-order chi connectivity index (χ1) is 14.3. The molecule has 1 amide bonds. The van der Waals surface area contributed by atoms with Crippen molar-refractivity contribution in [2.75, 3.05) is 38.5 Å². The highest BCUT2D eigenvalue weighted by Crippen LogP contribution is 2.25. The number of aryl methyl sites for hydroxylation is 1. The molecule has 0 saturated carbocycles. The fraction of sp³-hybridized carbons (Fsp3) is 0.421. The highest BCUT2D eigenvalue weighted by atomic mass is 32.2. The molecule has 30 heavy (non-hydrogen) atoms. The third-order valence-corrected chi connectivity index (χ3v) is 7.73. The minimum absolute atomic E-state index is 0.182. The number of amides is 1. The van der Waals surface area contributed by atoms with Gasteiger partial charge in [-0.3, -0.25) is 4.79 Å². The van der Waals surface area contributed by atoms with Crippen LogP contribution in [0.2, 0.25) is 0 Å². The van der Waals surface area contributed by atoms with Crippen molar-refractivity contribution in [1.29, 1.82) is 0 Å². The minimum Gasteiger partial charge on any atom is -0.449 e. The molecule has 1 fully saturated rings. The molecule has 1 aromatic heterocycles. The molecule has 9 nitrogen and oxygen atoms in total. The average Bonchev–Trinajstić information content (AvgIpc) is 3.14. The van der Waals surface area contributed by atoms with Crippen molar-refractivity contribution in [3.8, 4) is 0 Å². The van der Waals surface area contributed by atoms with E-state index in [1.54, 1.807) is 44.3 Å². The van der Waals surface area contributed by atoms with Crippen LogP contribution in [0, 0.1) is 6.92 Å². The van der Waals surface area contributed by atoms with Gasteiger partial charge in [0, 0.05) is 33.2 Å². The normalized spacial score (nSPS) is 16.2. The number of nitrogens with one attached hydrogen (secondary N) is 1. The Labute approximate surface area is 179 Å². The van der Waals surface area contributed by atoms with Crippen LogP contribution in [-0.2, 0) is 19.6 Å². The lowest BCUT2D eigenvalue weighted by atomic mass is 10.2. The molecule has 1 saturated heterocycles. The van der Waals surface area contributed by atoms with Gasteiger partial charge in [0.2, 0.25) is 10.0 Å². The maximum atomic E-state index is 12.7. The summed E-state index contributed by atoms with van der Waals surface area (Å²) in [5.74, 6) is -0.969. The fourth-order valence-corrected chi connectivity index (χ4v) is 5.37. The number of anilines is 1. The predicted octanol–water partition coefficient (Wildman–Crippen LogP) is 1.57. The van der Waals surface area contributed by atoms with Gasteiger partial charge in [0.05, 0.1) is 10.6 Å². The summed E-state index contributed by atoms with van der Waals surface area (Å²) in [7, 11) is -1.91. The lowest BCUT2D eigenvalue weighted by Gasteiger charge is -2.35. The van der Waals surface area contributed by atoms with Crippen molar-refractivity contribution in [2.24, 2.45) is 0 Å². The molecule has 0 bridgehead atoms. The maximum Gasteiger partial charge on any atom is 0.343 e. The number of nitrogens with zero attached hydrogens (tertiary/aromatic N) is 3. The van der Waals surface area contributed by atoms with Gasteiger partial charge >= 0.3 is 5.97 Å². The first-order valence-corrected chi connectivity index (χ1v) is 11.7. The second-order valence-electron chi connectivity index (χ2n) is 6.81. The van der Waals surface area contributed by atoms with Crippen molar-refractivity contribution < 1.29 is 22.7 Å². The Morgan fingerprint density at radius 3 is 2.40 bits per heavy atom. The van der Waals surface area contributed by atoms with Crippen LogP contribution in [0.15, 0.2) is 35.2 Å². The third kappa shape index (κ3) is 4.47. The number of carbonyl (C=O) groups is 2. The van der Waals surface area contributed by atoms with E-state index in [9.17, 15) is 18.0 Å². The molecule has 0 radical (unpaired) electrons. The largest absolute Gasteiger partial charge is 0.449 e.